The van der Waals surface area contributed by atoms with Crippen molar-refractivity contribution in [2.75, 3.05) is 4.90 Å². The highest BCUT2D eigenvalue weighted by molar-refractivity contribution is 9.11. The van der Waals surface area contributed by atoms with E-state index >= 15 is 0 Å². The van der Waals surface area contributed by atoms with Crippen molar-refractivity contribution in [3.05, 3.63) is 62.5 Å². The maximum Gasteiger partial charge on any atom is 0.266 e. The second kappa shape index (κ2) is 4.58. The fourth-order valence-electron chi connectivity index (χ4n) is 2.09. The number of fused-ring (bicyclic) bond motifs is 1. The molecule has 1 aliphatic heterocycles. The molecular formula is C14H7Br2NO2. The summed E-state index contributed by atoms with van der Waals surface area (Å²) in [7, 11) is 0. The molecule has 0 unspecified atom stereocenters. The molecule has 0 bridgehead atoms. The van der Waals surface area contributed by atoms with Gasteiger partial charge in [-0.3, -0.25) is 9.59 Å². The van der Waals surface area contributed by atoms with Crippen LogP contribution in [0.25, 0.3) is 0 Å². The highest BCUT2D eigenvalue weighted by Gasteiger charge is 2.36. The van der Waals surface area contributed by atoms with Gasteiger partial charge < -0.3 is 0 Å². The lowest BCUT2D eigenvalue weighted by molar-refractivity contribution is 0.0926. The van der Waals surface area contributed by atoms with Crippen LogP contribution in [0.1, 0.15) is 20.7 Å². The third-order valence-corrected chi connectivity index (χ3v) is 3.82. The lowest BCUT2D eigenvalue weighted by Crippen LogP contribution is -2.29. The van der Waals surface area contributed by atoms with Crippen molar-refractivity contribution in [2.24, 2.45) is 0 Å². The van der Waals surface area contributed by atoms with Crippen LogP contribution in [0.2, 0.25) is 0 Å². The van der Waals surface area contributed by atoms with Crippen LogP contribution in [0.5, 0.6) is 0 Å². The number of amides is 2. The molecule has 2 aromatic rings. The van der Waals surface area contributed by atoms with E-state index in [4.69, 9.17) is 0 Å². The zero-order valence-corrected chi connectivity index (χ0v) is 12.7. The van der Waals surface area contributed by atoms with Gasteiger partial charge in [-0.1, -0.05) is 44.0 Å². The van der Waals surface area contributed by atoms with Gasteiger partial charge in [0.25, 0.3) is 11.8 Å². The van der Waals surface area contributed by atoms with Gasteiger partial charge in [-0.25, -0.2) is 4.90 Å². The zero-order chi connectivity index (χ0) is 13.6. The maximum atomic E-state index is 12.3. The van der Waals surface area contributed by atoms with Gasteiger partial charge in [-0.2, -0.15) is 0 Å². The quantitative estimate of drug-likeness (QED) is 0.701. The number of rotatable bonds is 1. The Morgan fingerprint density at radius 3 is 1.74 bits per heavy atom. The van der Waals surface area contributed by atoms with Gasteiger partial charge in [0.15, 0.2) is 0 Å². The van der Waals surface area contributed by atoms with Crippen molar-refractivity contribution in [3.63, 3.8) is 0 Å². The zero-order valence-electron chi connectivity index (χ0n) is 9.56. The van der Waals surface area contributed by atoms with E-state index in [1.165, 1.54) is 4.90 Å². The topological polar surface area (TPSA) is 37.4 Å². The van der Waals surface area contributed by atoms with Crippen molar-refractivity contribution in [1.82, 2.24) is 0 Å². The van der Waals surface area contributed by atoms with Crippen LogP contribution in [0, 0.1) is 0 Å². The molecule has 0 saturated heterocycles. The summed E-state index contributed by atoms with van der Waals surface area (Å²) < 4.78 is 1.60. The predicted octanol–water partition coefficient (Wildman–Crippen LogP) is 4.01. The van der Waals surface area contributed by atoms with Crippen LogP contribution in [0.3, 0.4) is 0 Å². The Morgan fingerprint density at radius 1 is 0.789 bits per heavy atom. The Labute approximate surface area is 126 Å². The van der Waals surface area contributed by atoms with E-state index in [0.717, 1.165) is 8.95 Å². The van der Waals surface area contributed by atoms with Gasteiger partial charge in [0.2, 0.25) is 0 Å². The normalized spacial score (nSPS) is 13.9. The summed E-state index contributed by atoms with van der Waals surface area (Å²) in [5, 5.41) is 0. The first kappa shape index (κ1) is 12.6. The lowest BCUT2D eigenvalue weighted by atomic mass is 10.1. The molecular weight excluding hydrogens is 374 g/mol. The first-order chi connectivity index (χ1) is 9.08. The van der Waals surface area contributed by atoms with Crippen LogP contribution in [0.4, 0.5) is 5.69 Å². The first-order valence-electron chi connectivity index (χ1n) is 5.52. The summed E-state index contributed by atoms with van der Waals surface area (Å²) in [5.41, 5.74) is 1.44. The largest absolute Gasteiger partial charge is 0.268 e. The van der Waals surface area contributed by atoms with Gasteiger partial charge in [-0.15, -0.1) is 0 Å². The van der Waals surface area contributed by atoms with Crippen molar-refractivity contribution in [3.8, 4) is 0 Å². The molecule has 1 aliphatic rings. The molecule has 94 valence electrons. The van der Waals surface area contributed by atoms with Crippen LogP contribution < -0.4 is 4.90 Å². The number of nitrogens with zero attached hydrogens (tertiary/aromatic N) is 1. The molecule has 2 aromatic carbocycles. The Kier molecular flexibility index (Phi) is 3.03. The van der Waals surface area contributed by atoms with Gasteiger partial charge in [0, 0.05) is 8.95 Å². The van der Waals surface area contributed by atoms with Gasteiger partial charge in [0.05, 0.1) is 16.8 Å². The molecule has 3 rings (SSSR count). The maximum absolute atomic E-state index is 12.3. The number of benzene rings is 2. The number of halogens is 2. The third kappa shape index (κ3) is 2.03. The molecule has 5 heteroatoms. The van der Waals surface area contributed by atoms with E-state index < -0.39 is 0 Å². The van der Waals surface area contributed by atoms with Crippen LogP contribution in [-0.2, 0) is 0 Å². The van der Waals surface area contributed by atoms with Gasteiger partial charge in [-0.05, 0) is 30.3 Å². The monoisotopic (exact) mass is 379 g/mol. The summed E-state index contributed by atoms with van der Waals surface area (Å²) in [6, 6.07) is 12.2. The first-order valence-corrected chi connectivity index (χ1v) is 7.10. The average Bonchev–Trinajstić information content (AvgIpc) is 2.61. The highest BCUT2D eigenvalue weighted by atomic mass is 79.9. The van der Waals surface area contributed by atoms with Crippen LogP contribution in [-0.4, -0.2) is 11.8 Å². The van der Waals surface area contributed by atoms with E-state index in [9.17, 15) is 9.59 Å². The van der Waals surface area contributed by atoms with Crippen LogP contribution >= 0.6 is 31.9 Å². The summed E-state index contributed by atoms with van der Waals surface area (Å²) in [5.74, 6) is -0.573. The van der Waals surface area contributed by atoms with E-state index in [0.29, 0.717) is 16.8 Å². The Balaban J connectivity index is 2.14. The predicted molar refractivity (Wildman–Crippen MR) is 79.4 cm³/mol. The standard InChI is InChI=1S/C14H7Br2NO2/c15-8-5-9(16)7-10(6-8)17-13(18)11-3-1-2-4-12(11)14(17)19/h1-7H. The van der Waals surface area contributed by atoms with Gasteiger partial charge >= 0.3 is 0 Å². The summed E-state index contributed by atoms with van der Waals surface area (Å²) in [6.45, 7) is 0. The Hall–Kier alpha value is -1.46. The summed E-state index contributed by atoms with van der Waals surface area (Å²) >= 11 is 6.71. The molecule has 0 radical (unpaired) electrons. The summed E-state index contributed by atoms with van der Waals surface area (Å²) in [6.07, 6.45) is 0. The molecule has 2 amide bonds. The molecule has 0 aromatic heterocycles. The van der Waals surface area contributed by atoms with Gasteiger partial charge in [0.1, 0.15) is 0 Å². The minimum atomic E-state index is -0.286. The second-order valence-electron chi connectivity index (χ2n) is 4.12. The fraction of sp³-hybridized carbons (Fsp3) is 0. The third-order valence-electron chi connectivity index (χ3n) is 2.90. The molecule has 0 spiro atoms. The Bertz CT molecular complexity index is 657. The van der Waals surface area contributed by atoms with E-state index in [1.807, 2.05) is 6.07 Å². The minimum absolute atomic E-state index is 0.286. The number of carbonyl (C=O) groups is 2. The number of hydrogen-bond acceptors (Lipinski definition) is 2. The lowest BCUT2D eigenvalue weighted by Gasteiger charge is -2.14. The molecule has 0 N–H and O–H groups in total. The van der Waals surface area contributed by atoms with Crippen LogP contribution in [0.15, 0.2) is 51.4 Å². The molecule has 3 nitrogen and oxygen atoms in total. The van der Waals surface area contributed by atoms with Crippen molar-refractivity contribution < 1.29 is 9.59 Å². The number of carbonyl (C=O) groups excluding carboxylic acids is 2. The van der Waals surface area contributed by atoms with Crippen molar-refractivity contribution >= 4 is 49.4 Å². The molecule has 19 heavy (non-hydrogen) atoms. The minimum Gasteiger partial charge on any atom is -0.268 e. The van der Waals surface area contributed by atoms with E-state index in [-0.39, 0.29) is 11.8 Å². The van der Waals surface area contributed by atoms with Crippen molar-refractivity contribution in [2.45, 2.75) is 0 Å². The molecule has 0 aliphatic carbocycles. The van der Waals surface area contributed by atoms with Crippen molar-refractivity contribution in [1.29, 1.82) is 0 Å². The number of anilines is 1. The molecule has 0 saturated carbocycles. The van der Waals surface area contributed by atoms with E-state index in [1.54, 1.807) is 36.4 Å². The number of imide groups is 1. The van der Waals surface area contributed by atoms with E-state index in [2.05, 4.69) is 31.9 Å². The fourth-order valence-corrected chi connectivity index (χ4v) is 3.36. The average molecular weight is 381 g/mol. The smallest absolute Gasteiger partial charge is 0.266 e. The highest BCUT2D eigenvalue weighted by Crippen LogP contribution is 2.32. The molecule has 1 heterocycles. The molecule has 0 fully saturated rings. The number of hydrogen-bond donors (Lipinski definition) is 0. The second-order valence-corrected chi connectivity index (χ2v) is 5.95. The summed E-state index contributed by atoms with van der Waals surface area (Å²) in [4.78, 5) is 25.8. The molecule has 0 atom stereocenters. The Morgan fingerprint density at radius 2 is 1.26 bits per heavy atom. The SMILES string of the molecule is O=C1c2ccccc2C(=O)N1c1cc(Br)cc(Br)c1.